The summed E-state index contributed by atoms with van der Waals surface area (Å²) in [6.45, 7) is 2.11. The lowest BCUT2D eigenvalue weighted by Gasteiger charge is -2.27. The van der Waals surface area contributed by atoms with Crippen molar-refractivity contribution in [3.63, 3.8) is 0 Å². The smallest absolute Gasteiger partial charge is 0.123 e. The summed E-state index contributed by atoms with van der Waals surface area (Å²) in [6.07, 6.45) is 2.56. The number of benzene rings is 1. The first-order valence-corrected chi connectivity index (χ1v) is 8.08. The Kier molecular flexibility index (Phi) is 5.67. The van der Waals surface area contributed by atoms with Crippen LogP contribution in [0.15, 0.2) is 24.3 Å². The van der Waals surface area contributed by atoms with Crippen LogP contribution in [-0.4, -0.2) is 28.7 Å². The molecule has 1 aromatic rings. The van der Waals surface area contributed by atoms with Gasteiger partial charge < -0.3 is 10.4 Å². The van der Waals surface area contributed by atoms with Crippen molar-refractivity contribution in [2.45, 2.75) is 44.4 Å². The molecular formula is C15H22FNOS. The van der Waals surface area contributed by atoms with Crippen LogP contribution in [0.3, 0.4) is 0 Å². The third-order valence-corrected chi connectivity index (χ3v) is 4.62. The molecule has 2 N–H and O–H groups in total. The molecule has 1 aliphatic rings. The third-order valence-electron chi connectivity index (χ3n) is 3.57. The van der Waals surface area contributed by atoms with E-state index in [4.69, 9.17) is 0 Å². The summed E-state index contributed by atoms with van der Waals surface area (Å²) >= 11 is 2.01. The number of rotatable bonds is 5. The molecule has 0 aliphatic carbocycles. The largest absolute Gasteiger partial charge is 0.388 e. The van der Waals surface area contributed by atoms with Crippen molar-refractivity contribution in [3.8, 4) is 0 Å². The quantitative estimate of drug-likeness (QED) is 0.871. The SMILES string of the molecule is C[C@H](C[C@H](O)c1ccc(F)cc1)NC1CCSCC1. The Labute approximate surface area is 118 Å². The molecule has 0 saturated carbocycles. The van der Waals surface area contributed by atoms with E-state index in [1.54, 1.807) is 12.1 Å². The van der Waals surface area contributed by atoms with Gasteiger partial charge in [0.25, 0.3) is 0 Å². The van der Waals surface area contributed by atoms with E-state index in [1.165, 1.54) is 36.5 Å². The molecule has 106 valence electrons. The molecule has 1 fully saturated rings. The second kappa shape index (κ2) is 7.27. The Hall–Kier alpha value is -0.580. The monoisotopic (exact) mass is 283 g/mol. The normalized spacial score (nSPS) is 20.2. The highest BCUT2D eigenvalue weighted by molar-refractivity contribution is 7.99. The lowest BCUT2D eigenvalue weighted by atomic mass is 10.0. The van der Waals surface area contributed by atoms with Gasteiger partial charge in [0.05, 0.1) is 6.10 Å². The molecule has 2 nitrogen and oxygen atoms in total. The average molecular weight is 283 g/mol. The molecule has 1 aliphatic heterocycles. The van der Waals surface area contributed by atoms with E-state index in [1.807, 2.05) is 11.8 Å². The van der Waals surface area contributed by atoms with Crippen LogP contribution in [-0.2, 0) is 0 Å². The topological polar surface area (TPSA) is 32.3 Å². The Balaban J connectivity index is 1.80. The van der Waals surface area contributed by atoms with E-state index >= 15 is 0 Å². The maximum atomic E-state index is 12.8. The van der Waals surface area contributed by atoms with Gasteiger partial charge in [0.15, 0.2) is 0 Å². The van der Waals surface area contributed by atoms with E-state index in [-0.39, 0.29) is 11.9 Å². The van der Waals surface area contributed by atoms with Crippen LogP contribution in [0.5, 0.6) is 0 Å². The zero-order valence-corrected chi connectivity index (χ0v) is 12.1. The number of aliphatic hydroxyl groups is 1. The van der Waals surface area contributed by atoms with E-state index < -0.39 is 6.10 Å². The lowest BCUT2D eigenvalue weighted by molar-refractivity contribution is 0.151. The minimum Gasteiger partial charge on any atom is -0.388 e. The standard InChI is InChI=1S/C15H22FNOS/c1-11(17-14-6-8-19-9-7-14)10-15(18)12-2-4-13(16)5-3-12/h2-5,11,14-15,17-18H,6-10H2,1H3/t11-,15+/m1/s1. The summed E-state index contributed by atoms with van der Waals surface area (Å²) in [6, 6.07) is 6.96. The van der Waals surface area contributed by atoms with Crippen molar-refractivity contribution < 1.29 is 9.50 Å². The van der Waals surface area contributed by atoms with Crippen LogP contribution >= 0.6 is 11.8 Å². The molecule has 1 saturated heterocycles. The first-order valence-electron chi connectivity index (χ1n) is 6.92. The zero-order chi connectivity index (χ0) is 13.7. The van der Waals surface area contributed by atoms with Crippen molar-refractivity contribution in [1.82, 2.24) is 5.32 Å². The molecule has 0 aromatic heterocycles. The number of aliphatic hydroxyl groups excluding tert-OH is 1. The molecule has 1 aromatic carbocycles. The molecule has 0 bridgehead atoms. The first-order chi connectivity index (χ1) is 9.15. The molecule has 0 amide bonds. The summed E-state index contributed by atoms with van der Waals surface area (Å²) in [5.41, 5.74) is 0.786. The van der Waals surface area contributed by atoms with Crippen molar-refractivity contribution in [2.75, 3.05) is 11.5 Å². The fraction of sp³-hybridized carbons (Fsp3) is 0.600. The summed E-state index contributed by atoms with van der Waals surface area (Å²) in [5, 5.41) is 13.7. The van der Waals surface area contributed by atoms with E-state index in [9.17, 15) is 9.50 Å². The number of thioether (sulfide) groups is 1. The van der Waals surface area contributed by atoms with Gasteiger partial charge in [-0.1, -0.05) is 12.1 Å². The number of halogens is 1. The molecule has 0 spiro atoms. The van der Waals surface area contributed by atoms with Gasteiger partial charge in [-0.3, -0.25) is 0 Å². The number of hydrogen-bond donors (Lipinski definition) is 2. The Morgan fingerprint density at radius 3 is 2.58 bits per heavy atom. The van der Waals surface area contributed by atoms with E-state index in [2.05, 4.69) is 12.2 Å². The van der Waals surface area contributed by atoms with Crippen molar-refractivity contribution in [2.24, 2.45) is 0 Å². The highest BCUT2D eigenvalue weighted by Crippen LogP contribution is 2.21. The van der Waals surface area contributed by atoms with Gasteiger partial charge in [-0.05, 0) is 55.4 Å². The van der Waals surface area contributed by atoms with Crippen molar-refractivity contribution >= 4 is 11.8 Å². The van der Waals surface area contributed by atoms with Gasteiger partial charge in [0.1, 0.15) is 5.82 Å². The van der Waals surface area contributed by atoms with Gasteiger partial charge >= 0.3 is 0 Å². The zero-order valence-electron chi connectivity index (χ0n) is 11.3. The number of hydrogen-bond acceptors (Lipinski definition) is 3. The first kappa shape index (κ1) is 14.8. The fourth-order valence-corrected chi connectivity index (χ4v) is 3.60. The van der Waals surface area contributed by atoms with E-state index in [0.717, 1.165) is 5.56 Å². The van der Waals surface area contributed by atoms with Gasteiger partial charge in [-0.15, -0.1) is 0 Å². The minimum atomic E-state index is -0.527. The summed E-state index contributed by atoms with van der Waals surface area (Å²) in [4.78, 5) is 0. The second-order valence-corrected chi connectivity index (χ2v) is 6.48. The Bertz CT molecular complexity index is 378. The molecule has 2 atom stereocenters. The third kappa shape index (κ3) is 4.79. The predicted octanol–water partition coefficient (Wildman–Crippen LogP) is 3.12. The molecular weight excluding hydrogens is 261 g/mol. The fourth-order valence-electron chi connectivity index (χ4n) is 2.49. The Morgan fingerprint density at radius 1 is 1.32 bits per heavy atom. The van der Waals surface area contributed by atoms with Crippen LogP contribution < -0.4 is 5.32 Å². The van der Waals surface area contributed by atoms with E-state index in [0.29, 0.717) is 12.5 Å². The molecule has 1 heterocycles. The van der Waals surface area contributed by atoms with Crippen molar-refractivity contribution in [1.29, 1.82) is 0 Å². The van der Waals surface area contributed by atoms with Gasteiger partial charge in [-0.25, -0.2) is 4.39 Å². The van der Waals surface area contributed by atoms with Gasteiger partial charge in [0, 0.05) is 12.1 Å². The maximum Gasteiger partial charge on any atom is 0.123 e. The summed E-state index contributed by atoms with van der Waals surface area (Å²) in [5.74, 6) is 2.19. The summed E-state index contributed by atoms with van der Waals surface area (Å²) in [7, 11) is 0. The van der Waals surface area contributed by atoms with Crippen LogP contribution in [0, 0.1) is 5.82 Å². The summed E-state index contributed by atoms with van der Waals surface area (Å²) < 4.78 is 12.8. The Morgan fingerprint density at radius 2 is 1.95 bits per heavy atom. The molecule has 0 radical (unpaired) electrons. The molecule has 4 heteroatoms. The van der Waals surface area contributed by atoms with Crippen LogP contribution in [0.1, 0.15) is 37.9 Å². The van der Waals surface area contributed by atoms with Crippen LogP contribution in [0.25, 0.3) is 0 Å². The minimum absolute atomic E-state index is 0.262. The van der Waals surface area contributed by atoms with Crippen LogP contribution in [0.2, 0.25) is 0 Å². The molecule has 19 heavy (non-hydrogen) atoms. The van der Waals surface area contributed by atoms with Crippen molar-refractivity contribution in [3.05, 3.63) is 35.6 Å². The van der Waals surface area contributed by atoms with Gasteiger partial charge in [-0.2, -0.15) is 11.8 Å². The average Bonchev–Trinajstić information content (AvgIpc) is 2.40. The van der Waals surface area contributed by atoms with Gasteiger partial charge in [0.2, 0.25) is 0 Å². The molecule has 2 rings (SSSR count). The van der Waals surface area contributed by atoms with Crippen LogP contribution in [0.4, 0.5) is 4.39 Å². The highest BCUT2D eigenvalue weighted by Gasteiger charge is 2.18. The maximum absolute atomic E-state index is 12.8. The lowest BCUT2D eigenvalue weighted by Crippen LogP contribution is -2.39. The number of nitrogens with one attached hydrogen (secondary N) is 1. The molecule has 0 unspecified atom stereocenters. The predicted molar refractivity (Wildman–Crippen MR) is 78.9 cm³/mol. The highest BCUT2D eigenvalue weighted by atomic mass is 32.2. The second-order valence-electron chi connectivity index (χ2n) is 5.26.